The maximum atomic E-state index is 14.8. The molecule has 2 aromatic rings. The van der Waals surface area contributed by atoms with Crippen molar-refractivity contribution in [1.82, 2.24) is 0 Å². The summed E-state index contributed by atoms with van der Waals surface area (Å²) in [6, 6.07) is 2.95. The largest absolute Gasteiger partial charge is 0.508 e. The lowest BCUT2D eigenvalue weighted by atomic mass is 9.43. The van der Waals surface area contributed by atoms with E-state index >= 15 is 0 Å². The minimum atomic E-state index is -1.40. The first-order chi connectivity index (χ1) is 26.1. The third-order valence-corrected chi connectivity index (χ3v) is 18.2. The molecule has 0 amide bonds. The Hall–Kier alpha value is -2.89. The standard InChI is InChI=1S/C46H62O10/c1-21-9-11-30-41(3,4)32(51)13-14-43(30,7)45(21)17-26-28(49)16-24-34(39(26)56-45)37(53)35(36(24)52)33-23(20-47)15-27(48)25-18-46(55-38(25)33)22(2)10-12-31-42(5,6)40(54)29(50)19-44(31,46)8/h15-16,21-22,29-32,35,37,40,47-51,53-54H,9-14,17-20H2,1-8H3/t21-,22-,29-,30+,31+,32-,35-,37+,40-,43+,44+,45-,46-/m1/s1. The van der Waals surface area contributed by atoms with Crippen LogP contribution in [0.15, 0.2) is 12.1 Å². The normalized spacial score (nSPS) is 44.1. The topological polar surface area (TPSA) is 177 Å². The van der Waals surface area contributed by atoms with Gasteiger partial charge in [0, 0.05) is 51.5 Å². The molecule has 13 atom stereocenters. The van der Waals surface area contributed by atoms with Gasteiger partial charge >= 0.3 is 0 Å². The highest BCUT2D eigenvalue weighted by Gasteiger charge is 2.70. The first-order valence-electron chi connectivity index (χ1n) is 21.1. The minimum absolute atomic E-state index is 0.0264. The number of rotatable bonds is 2. The first kappa shape index (κ1) is 38.6. The predicted molar refractivity (Wildman–Crippen MR) is 208 cm³/mol. The Bertz CT molecular complexity index is 2020. The molecular weight excluding hydrogens is 712 g/mol. The van der Waals surface area contributed by atoms with E-state index in [-0.39, 0.29) is 62.9 Å². The van der Waals surface area contributed by atoms with E-state index in [1.54, 1.807) is 0 Å². The van der Waals surface area contributed by atoms with Gasteiger partial charge in [0.15, 0.2) is 5.78 Å². The smallest absolute Gasteiger partial charge is 0.174 e. The zero-order chi connectivity index (χ0) is 40.4. The lowest BCUT2D eigenvalue weighted by Gasteiger charge is -2.64. The van der Waals surface area contributed by atoms with Crippen molar-refractivity contribution >= 4 is 5.78 Å². The van der Waals surface area contributed by atoms with E-state index in [2.05, 4.69) is 41.5 Å². The van der Waals surface area contributed by atoms with E-state index in [9.17, 15) is 40.5 Å². The van der Waals surface area contributed by atoms with Crippen LogP contribution in [0.2, 0.25) is 0 Å². The Labute approximate surface area is 330 Å². The fourth-order valence-electron chi connectivity index (χ4n) is 14.9. The number of phenols is 2. The summed E-state index contributed by atoms with van der Waals surface area (Å²) < 4.78 is 14.5. The molecule has 4 fully saturated rings. The first-order valence-corrected chi connectivity index (χ1v) is 21.1. The van der Waals surface area contributed by atoms with Crippen molar-refractivity contribution in [3.8, 4) is 23.0 Å². The molecule has 4 saturated carbocycles. The number of ether oxygens (including phenoxy) is 2. The third-order valence-electron chi connectivity index (χ3n) is 18.2. The molecular formula is C46H62O10. The number of hydrogen-bond acceptors (Lipinski definition) is 10. The Morgan fingerprint density at radius 1 is 0.714 bits per heavy atom. The maximum absolute atomic E-state index is 14.8. The van der Waals surface area contributed by atoms with Crippen LogP contribution in [0, 0.1) is 45.3 Å². The predicted octanol–water partition coefficient (Wildman–Crippen LogP) is 6.39. The van der Waals surface area contributed by atoms with Crippen LogP contribution in [0.25, 0.3) is 0 Å². The molecule has 7 N–H and O–H groups in total. The number of hydrogen-bond donors (Lipinski definition) is 7. The molecule has 0 unspecified atom stereocenters. The van der Waals surface area contributed by atoms with Gasteiger partial charge in [0.1, 0.15) is 34.2 Å². The average molecular weight is 775 g/mol. The molecule has 0 bridgehead atoms. The number of carbonyl (C=O) groups excluding carboxylic acids is 1. The van der Waals surface area contributed by atoms with Crippen LogP contribution >= 0.6 is 0 Å². The van der Waals surface area contributed by atoms with Gasteiger partial charge in [-0.25, -0.2) is 0 Å². The molecule has 7 aliphatic rings. The fraction of sp³-hybridized carbons (Fsp3) is 0.717. The third kappa shape index (κ3) is 4.44. The van der Waals surface area contributed by atoms with E-state index in [4.69, 9.17) is 9.47 Å². The van der Waals surface area contributed by atoms with Crippen molar-refractivity contribution in [3.63, 3.8) is 0 Å². The number of aliphatic hydroxyl groups is 5. The number of benzene rings is 2. The van der Waals surface area contributed by atoms with Gasteiger partial charge in [-0.05, 0) is 97.1 Å². The summed E-state index contributed by atoms with van der Waals surface area (Å²) in [5, 5.41) is 80.4. The van der Waals surface area contributed by atoms with Gasteiger partial charge in [-0.1, -0.05) is 55.4 Å². The number of fused-ring (bicyclic) bond motifs is 8. The molecule has 10 nitrogen and oxygen atoms in total. The number of carbonyl (C=O) groups is 1. The molecule has 0 radical (unpaired) electrons. The number of Topliss-reactive ketones (excluding diaryl/α,β-unsaturated/α-hetero) is 1. The summed E-state index contributed by atoms with van der Waals surface area (Å²) in [7, 11) is 0. The highest BCUT2D eigenvalue weighted by atomic mass is 16.5. The summed E-state index contributed by atoms with van der Waals surface area (Å²) in [4.78, 5) is 14.8. The van der Waals surface area contributed by atoms with Crippen LogP contribution in [0.3, 0.4) is 0 Å². The molecule has 0 aromatic heterocycles. The molecule has 2 aromatic carbocycles. The van der Waals surface area contributed by atoms with Crippen LogP contribution in [-0.2, 0) is 19.4 Å². The minimum Gasteiger partial charge on any atom is -0.508 e. The number of ketones is 1. The lowest BCUT2D eigenvalue weighted by molar-refractivity contribution is -0.240. The summed E-state index contributed by atoms with van der Waals surface area (Å²) >= 11 is 0. The van der Waals surface area contributed by atoms with Gasteiger partial charge in [0.2, 0.25) is 0 Å². The van der Waals surface area contributed by atoms with Gasteiger partial charge in [-0.2, -0.15) is 0 Å². The average Bonchev–Trinajstić information content (AvgIpc) is 3.81. The number of phenolic OH excluding ortho intramolecular Hbond substituents is 2. The van der Waals surface area contributed by atoms with Crippen LogP contribution in [0.1, 0.15) is 151 Å². The molecule has 306 valence electrons. The van der Waals surface area contributed by atoms with Gasteiger partial charge in [0.05, 0.1) is 36.9 Å². The fourth-order valence-corrected chi connectivity index (χ4v) is 14.9. The van der Waals surface area contributed by atoms with Crippen LogP contribution in [-0.4, -0.2) is 71.0 Å². The maximum Gasteiger partial charge on any atom is 0.174 e. The quantitative estimate of drug-likeness (QED) is 0.181. The molecule has 10 heteroatoms. The van der Waals surface area contributed by atoms with Crippen LogP contribution in [0.4, 0.5) is 0 Å². The van der Waals surface area contributed by atoms with Crippen molar-refractivity contribution in [3.05, 3.63) is 45.5 Å². The summed E-state index contributed by atoms with van der Waals surface area (Å²) in [6.07, 6.45) is 2.11. The lowest BCUT2D eigenvalue weighted by Crippen LogP contribution is -2.69. The van der Waals surface area contributed by atoms with E-state index in [0.29, 0.717) is 53.7 Å². The summed E-state index contributed by atoms with van der Waals surface area (Å²) in [6.45, 7) is 16.5. The monoisotopic (exact) mass is 774 g/mol. The molecule has 2 spiro atoms. The van der Waals surface area contributed by atoms with Crippen molar-refractivity contribution in [2.75, 3.05) is 0 Å². The Morgan fingerprint density at radius 3 is 1.84 bits per heavy atom. The molecule has 5 aliphatic carbocycles. The Kier molecular flexibility index (Phi) is 8.18. The van der Waals surface area contributed by atoms with Crippen molar-refractivity contribution in [2.24, 2.45) is 45.3 Å². The van der Waals surface area contributed by atoms with E-state index in [1.165, 1.54) is 12.1 Å². The second-order valence-electron chi connectivity index (χ2n) is 21.0. The second kappa shape index (κ2) is 11.9. The molecule has 9 rings (SSSR count). The zero-order valence-electron chi connectivity index (χ0n) is 34.3. The van der Waals surface area contributed by atoms with Gasteiger partial charge in [0.25, 0.3) is 0 Å². The number of aromatic hydroxyl groups is 2. The highest BCUT2D eigenvalue weighted by Crippen LogP contribution is 2.70. The second-order valence-corrected chi connectivity index (χ2v) is 21.0. The van der Waals surface area contributed by atoms with Gasteiger partial charge < -0.3 is 45.2 Å². The van der Waals surface area contributed by atoms with Crippen molar-refractivity contribution in [2.45, 2.75) is 161 Å². The Morgan fingerprint density at radius 2 is 1.25 bits per heavy atom. The van der Waals surface area contributed by atoms with Gasteiger partial charge in [-0.15, -0.1) is 0 Å². The summed E-state index contributed by atoms with van der Waals surface area (Å²) in [5.41, 5.74) is -1.45. The SMILES string of the molecule is C[C@@H]1CC[C@H]2C(C)(C)[C@H](O)CC[C@]2(C)[C@@]12Cc1c(O)cc3c(c1O2)[C@H](O)[C@H](c1c(CO)cc(O)c2c1O[C@]1(C2)[C@H](C)CC[C@H]2C(C)(C)[C@H](O)[C@H](O)C[C@@]21C)C3=O. The number of aliphatic hydroxyl groups excluding tert-OH is 5. The van der Waals surface area contributed by atoms with Gasteiger partial charge in [-0.3, -0.25) is 4.79 Å². The van der Waals surface area contributed by atoms with E-state index in [0.717, 1.165) is 32.1 Å². The molecule has 0 saturated heterocycles. The molecule has 56 heavy (non-hydrogen) atoms. The van der Waals surface area contributed by atoms with E-state index in [1.807, 2.05) is 13.8 Å². The van der Waals surface area contributed by atoms with Crippen LogP contribution < -0.4 is 9.47 Å². The molecule has 2 heterocycles. The Balaban J connectivity index is 1.15. The van der Waals surface area contributed by atoms with E-state index < -0.39 is 64.8 Å². The zero-order valence-corrected chi connectivity index (χ0v) is 34.3. The van der Waals surface area contributed by atoms with Crippen molar-refractivity contribution < 1.29 is 50.0 Å². The summed E-state index contributed by atoms with van der Waals surface area (Å²) in [5.74, 6) is -0.919. The molecule has 2 aliphatic heterocycles. The van der Waals surface area contributed by atoms with Crippen LogP contribution in [0.5, 0.6) is 23.0 Å². The van der Waals surface area contributed by atoms with Crippen molar-refractivity contribution in [1.29, 1.82) is 0 Å². The highest BCUT2D eigenvalue weighted by molar-refractivity contribution is 6.08.